The molecule has 2 aromatic rings. The summed E-state index contributed by atoms with van der Waals surface area (Å²) in [5.74, 6) is 0.579. The van der Waals surface area contributed by atoms with Crippen molar-refractivity contribution in [1.29, 1.82) is 0 Å². The summed E-state index contributed by atoms with van der Waals surface area (Å²) in [6.45, 7) is 0.550. The van der Waals surface area contributed by atoms with Gasteiger partial charge >= 0.3 is 0 Å². The van der Waals surface area contributed by atoms with Crippen LogP contribution in [-0.2, 0) is 6.54 Å². The average molecular weight is 353 g/mol. The maximum absolute atomic E-state index is 6.17. The van der Waals surface area contributed by atoms with Crippen LogP contribution in [0.15, 0.2) is 30.3 Å². The Morgan fingerprint density at radius 2 is 1.91 bits per heavy atom. The molecule has 112 valence electrons. The lowest BCUT2D eigenvalue weighted by Gasteiger charge is -2.31. The van der Waals surface area contributed by atoms with E-state index in [0.29, 0.717) is 27.5 Å². The number of nitrogens with zero attached hydrogens (tertiary/aromatic N) is 1. The second-order valence-corrected chi connectivity index (χ2v) is 6.13. The van der Waals surface area contributed by atoms with Crippen molar-refractivity contribution in [3.63, 3.8) is 0 Å². The van der Waals surface area contributed by atoms with E-state index in [9.17, 15) is 0 Å². The molecule has 0 fully saturated rings. The van der Waals surface area contributed by atoms with Crippen molar-refractivity contribution in [1.82, 2.24) is 5.53 Å². The summed E-state index contributed by atoms with van der Waals surface area (Å²) in [6, 6.07) is 9.40. The van der Waals surface area contributed by atoms with Gasteiger partial charge in [0, 0.05) is 16.3 Å². The molecular formula is C14H10Cl2N4OS. The van der Waals surface area contributed by atoms with E-state index in [4.69, 9.17) is 40.2 Å². The fourth-order valence-electron chi connectivity index (χ4n) is 2.50. The maximum atomic E-state index is 6.17. The van der Waals surface area contributed by atoms with Crippen LogP contribution in [0.25, 0.3) is 0 Å². The van der Waals surface area contributed by atoms with Crippen LogP contribution >= 0.6 is 35.4 Å². The predicted molar refractivity (Wildman–Crippen MR) is 92.7 cm³/mol. The summed E-state index contributed by atoms with van der Waals surface area (Å²) in [6.07, 6.45) is 0. The highest BCUT2D eigenvalue weighted by Gasteiger charge is 2.26. The average Bonchev–Trinajstić information content (AvgIpc) is 2.95. The Morgan fingerprint density at radius 3 is 2.77 bits per heavy atom. The fraction of sp³-hybridized carbons (Fsp3) is 0.0714. The number of hydrogen-bond donors (Lipinski definition) is 3. The number of rotatable bonds is 1. The van der Waals surface area contributed by atoms with Crippen LogP contribution in [0.1, 0.15) is 5.56 Å². The van der Waals surface area contributed by atoms with Crippen molar-refractivity contribution in [3.8, 4) is 5.75 Å². The first-order valence-electron chi connectivity index (χ1n) is 6.50. The third-order valence-electron chi connectivity index (χ3n) is 3.53. The maximum Gasteiger partial charge on any atom is 0.269 e. The topological polar surface area (TPSA) is 48.6 Å². The van der Waals surface area contributed by atoms with E-state index in [1.165, 1.54) is 0 Å². The molecule has 8 heteroatoms. The van der Waals surface area contributed by atoms with Crippen molar-refractivity contribution >= 4 is 57.7 Å². The van der Waals surface area contributed by atoms with Crippen molar-refractivity contribution in [2.45, 2.75) is 6.54 Å². The van der Waals surface area contributed by atoms with Crippen molar-refractivity contribution in [3.05, 3.63) is 45.9 Å². The summed E-state index contributed by atoms with van der Waals surface area (Å²) in [5.41, 5.74) is 12.6. The Labute approximate surface area is 142 Å². The quantitative estimate of drug-likeness (QED) is 0.676. The number of fused-ring (bicyclic) bond motifs is 2. The predicted octanol–water partition coefficient (Wildman–Crippen LogP) is 3.93. The standard InChI is InChI=1S/C14H10Cl2N4OS/c15-8-3-7-6-20(14(22)21-13(7)10(16)4-8)9-1-2-11-12(5-9)18-19-17-11/h1-5,17-19H,6H2. The number of halogens is 2. The molecule has 3 N–H and O–H groups in total. The first-order valence-corrected chi connectivity index (χ1v) is 7.66. The van der Waals surface area contributed by atoms with Gasteiger partial charge in [-0.25, -0.2) is 0 Å². The number of benzene rings is 2. The van der Waals surface area contributed by atoms with Gasteiger partial charge < -0.3 is 15.6 Å². The van der Waals surface area contributed by atoms with E-state index in [0.717, 1.165) is 22.6 Å². The summed E-state index contributed by atoms with van der Waals surface area (Å²) in [5, 5.41) is 1.40. The molecule has 0 unspecified atom stereocenters. The molecule has 0 amide bonds. The molecular weight excluding hydrogens is 343 g/mol. The molecule has 22 heavy (non-hydrogen) atoms. The van der Waals surface area contributed by atoms with Gasteiger partial charge in [-0.3, -0.25) is 4.90 Å². The van der Waals surface area contributed by atoms with E-state index in [1.807, 2.05) is 29.2 Å². The first kappa shape index (κ1) is 13.9. The Kier molecular flexibility index (Phi) is 3.27. The summed E-state index contributed by atoms with van der Waals surface area (Å²) >= 11 is 17.6. The molecule has 5 nitrogen and oxygen atoms in total. The van der Waals surface area contributed by atoms with Crippen LogP contribution in [0.5, 0.6) is 5.75 Å². The van der Waals surface area contributed by atoms with Gasteiger partial charge in [0.2, 0.25) is 0 Å². The zero-order valence-electron chi connectivity index (χ0n) is 11.1. The lowest BCUT2D eigenvalue weighted by Crippen LogP contribution is -2.36. The smallest absolute Gasteiger partial charge is 0.269 e. The summed E-state index contributed by atoms with van der Waals surface area (Å²) < 4.78 is 5.72. The van der Waals surface area contributed by atoms with Crippen molar-refractivity contribution in [2.24, 2.45) is 0 Å². The highest BCUT2D eigenvalue weighted by molar-refractivity contribution is 7.80. The van der Waals surface area contributed by atoms with Crippen LogP contribution in [0.4, 0.5) is 17.1 Å². The van der Waals surface area contributed by atoms with Crippen LogP contribution in [0.2, 0.25) is 10.0 Å². The van der Waals surface area contributed by atoms with Crippen molar-refractivity contribution in [2.75, 3.05) is 15.8 Å². The molecule has 4 rings (SSSR count). The van der Waals surface area contributed by atoms with Crippen LogP contribution in [-0.4, -0.2) is 5.17 Å². The minimum absolute atomic E-state index is 0.357. The van der Waals surface area contributed by atoms with Gasteiger partial charge in [0.15, 0.2) is 5.75 Å². The number of hydrazine groups is 2. The molecule has 0 aliphatic carbocycles. The molecule has 0 radical (unpaired) electrons. The Morgan fingerprint density at radius 1 is 1.09 bits per heavy atom. The van der Waals surface area contributed by atoms with Crippen molar-refractivity contribution < 1.29 is 4.74 Å². The van der Waals surface area contributed by atoms with Gasteiger partial charge in [-0.05, 0) is 42.5 Å². The normalized spacial score (nSPS) is 15.5. The molecule has 0 aromatic heterocycles. The highest BCUT2D eigenvalue weighted by Crippen LogP contribution is 2.39. The Balaban J connectivity index is 1.73. The van der Waals surface area contributed by atoms with Gasteiger partial charge in [0.25, 0.3) is 5.17 Å². The van der Waals surface area contributed by atoms with Crippen LogP contribution < -0.4 is 26.0 Å². The van der Waals surface area contributed by atoms with Crippen LogP contribution in [0.3, 0.4) is 0 Å². The third kappa shape index (κ3) is 2.24. The highest BCUT2D eigenvalue weighted by atomic mass is 35.5. The number of anilines is 3. The molecule has 2 aliphatic heterocycles. The molecule has 0 spiro atoms. The second kappa shape index (κ2) is 5.17. The second-order valence-electron chi connectivity index (χ2n) is 4.93. The summed E-state index contributed by atoms with van der Waals surface area (Å²) in [7, 11) is 0. The molecule has 0 atom stereocenters. The summed E-state index contributed by atoms with van der Waals surface area (Å²) in [4.78, 5) is 1.89. The van der Waals surface area contributed by atoms with Gasteiger partial charge in [0.1, 0.15) is 0 Å². The van der Waals surface area contributed by atoms with Gasteiger partial charge in [-0.1, -0.05) is 23.2 Å². The molecule has 2 aliphatic rings. The molecule has 0 bridgehead atoms. The largest absolute Gasteiger partial charge is 0.430 e. The van der Waals surface area contributed by atoms with E-state index in [2.05, 4.69) is 16.4 Å². The van der Waals surface area contributed by atoms with E-state index in [1.54, 1.807) is 6.07 Å². The van der Waals surface area contributed by atoms with E-state index < -0.39 is 0 Å². The zero-order chi connectivity index (χ0) is 15.3. The monoisotopic (exact) mass is 352 g/mol. The minimum Gasteiger partial charge on any atom is -0.430 e. The lowest BCUT2D eigenvalue weighted by atomic mass is 10.1. The lowest BCUT2D eigenvalue weighted by molar-refractivity contribution is 0.518. The van der Waals surface area contributed by atoms with Gasteiger partial charge in [-0.2, -0.15) is 0 Å². The number of thiocarbonyl (C=S) groups is 1. The van der Waals surface area contributed by atoms with Crippen LogP contribution in [0, 0.1) is 0 Å². The zero-order valence-corrected chi connectivity index (χ0v) is 13.4. The first-order chi connectivity index (χ1) is 10.6. The molecule has 2 aromatic carbocycles. The van der Waals surface area contributed by atoms with E-state index >= 15 is 0 Å². The fourth-order valence-corrected chi connectivity index (χ4v) is 3.33. The number of hydrogen-bond acceptors (Lipinski definition) is 5. The number of ether oxygens (including phenoxy) is 1. The Bertz CT molecular complexity index is 799. The van der Waals surface area contributed by atoms with Gasteiger partial charge in [-0.15, -0.1) is 5.53 Å². The van der Waals surface area contributed by atoms with Gasteiger partial charge in [0.05, 0.1) is 22.9 Å². The van der Waals surface area contributed by atoms with E-state index in [-0.39, 0.29) is 0 Å². The third-order valence-corrected chi connectivity index (χ3v) is 4.34. The molecule has 0 saturated carbocycles. The Hall–Kier alpha value is -1.73. The SMILES string of the molecule is S=C1Oc2c(Cl)cc(Cl)cc2CN1c1ccc2c(c1)NNN2. The molecule has 0 saturated heterocycles. The minimum atomic E-state index is 0.357. The molecule has 2 heterocycles. The number of nitrogens with one attached hydrogen (secondary N) is 3.